The Morgan fingerprint density at radius 3 is 2.30 bits per heavy atom. The molecule has 0 bridgehead atoms. The Bertz CT molecular complexity index is 102. The van der Waals surface area contributed by atoms with Gasteiger partial charge in [-0.3, -0.25) is 0 Å². The molecule has 2 N–H and O–H groups in total. The summed E-state index contributed by atoms with van der Waals surface area (Å²) in [7, 11) is 1.99. The van der Waals surface area contributed by atoms with Crippen LogP contribution in [0.2, 0.25) is 0 Å². The molecule has 2 nitrogen and oxygen atoms in total. The van der Waals surface area contributed by atoms with Crippen molar-refractivity contribution in [3.8, 4) is 0 Å². The van der Waals surface area contributed by atoms with Crippen LogP contribution < -0.4 is 5.32 Å². The highest BCUT2D eigenvalue weighted by atomic mass is 16.3. The standard InChI is InChI=1S/C8H17NO/c1-8(10)5-3-7(9-2)4-6-8/h7,9-10H,3-6H2,1-2H3. The second-order valence-electron chi connectivity index (χ2n) is 3.56. The van der Waals surface area contributed by atoms with Gasteiger partial charge in [-0.2, -0.15) is 0 Å². The Labute approximate surface area is 62.6 Å². The first-order chi connectivity index (χ1) is 4.64. The van der Waals surface area contributed by atoms with Crippen LogP contribution in [0.5, 0.6) is 0 Å². The lowest BCUT2D eigenvalue weighted by Crippen LogP contribution is -2.37. The average Bonchev–Trinajstić information content (AvgIpc) is 1.88. The first-order valence-electron chi connectivity index (χ1n) is 4.04. The zero-order valence-electron chi connectivity index (χ0n) is 6.85. The molecule has 0 atom stereocenters. The van der Waals surface area contributed by atoms with Crippen LogP contribution in [0.25, 0.3) is 0 Å². The molecule has 0 aliphatic heterocycles. The summed E-state index contributed by atoms with van der Waals surface area (Å²) < 4.78 is 0. The van der Waals surface area contributed by atoms with Gasteiger partial charge in [-0.15, -0.1) is 0 Å². The Morgan fingerprint density at radius 2 is 1.90 bits per heavy atom. The smallest absolute Gasteiger partial charge is 0.0621 e. The second-order valence-corrected chi connectivity index (χ2v) is 3.56. The quantitative estimate of drug-likeness (QED) is 0.571. The minimum absolute atomic E-state index is 0.382. The second kappa shape index (κ2) is 2.89. The summed E-state index contributed by atoms with van der Waals surface area (Å²) in [6, 6.07) is 0.639. The van der Waals surface area contributed by atoms with Crippen LogP contribution in [0.15, 0.2) is 0 Å². The molecule has 1 aliphatic rings. The Hall–Kier alpha value is -0.0800. The van der Waals surface area contributed by atoms with Crippen molar-refractivity contribution in [1.29, 1.82) is 0 Å². The number of hydrogen-bond donors (Lipinski definition) is 2. The third-order valence-electron chi connectivity index (χ3n) is 2.47. The summed E-state index contributed by atoms with van der Waals surface area (Å²) in [4.78, 5) is 0. The summed E-state index contributed by atoms with van der Waals surface area (Å²) in [5, 5.41) is 12.8. The molecule has 10 heavy (non-hydrogen) atoms. The van der Waals surface area contributed by atoms with Gasteiger partial charge in [0.2, 0.25) is 0 Å². The fourth-order valence-electron chi connectivity index (χ4n) is 1.53. The first kappa shape index (κ1) is 8.02. The minimum Gasteiger partial charge on any atom is -0.390 e. The fraction of sp³-hybridized carbons (Fsp3) is 1.00. The lowest BCUT2D eigenvalue weighted by molar-refractivity contribution is 0.0149. The van der Waals surface area contributed by atoms with E-state index in [2.05, 4.69) is 5.32 Å². The van der Waals surface area contributed by atoms with Crippen molar-refractivity contribution in [2.24, 2.45) is 0 Å². The van der Waals surface area contributed by atoms with E-state index in [9.17, 15) is 5.11 Å². The summed E-state index contributed by atoms with van der Waals surface area (Å²) >= 11 is 0. The van der Waals surface area contributed by atoms with Gasteiger partial charge < -0.3 is 10.4 Å². The van der Waals surface area contributed by atoms with E-state index in [1.807, 2.05) is 14.0 Å². The van der Waals surface area contributed by atoms with E-state index in [4.69, 9.17) is 0 Å². The first-order valence-corrected chi connectivity index (χ1v) is 4.04. The van der Waals surface area contributed by atoms with Crippen molar-refractivity contribution in [1.82, 2.24) is 5.32 Å². The molecule has 1 fully saturated rings. The molecule has 0 saturated heterocycles. The predicted molar refractivity (Wildman–Crippen MR) is 41.9 cm³/mol. The minimum atomic E-state index is -0.382. The van der Waals surface area contributed by atoms with Gasteiger partial charge in [-0.25, -0.2) is 0 Å². The summed E-state index contributed by atoms with van der Waals surface area (Å²) in [6.45, 7) is 1.93. The third-order valence-corrected chi connectivity index (χ3v) is 2.47. The van der Waals surface area contributed by atoms with Gasteiger partial charge >= 0.3 is 0 Å². The van der Waals surface area contributed by atoms with Crippen LogP contribution in [0.3, 0.4) is 0 Å². The van der Waals surface area contributed by atoms with Gasteiger partial charge in [0.1, 0.15) is 0 Å². The predicted octanol–water partition coefficient (Wildman–Crippen LogP) is 0.899. The van der Waals surface area contributed by atoms with Crippen LogP contribution >= 0.6 is 0 Å². The highest BCUT2D eigenvalue weighted by Crippen LogP contribution is 2.27. The topological polar surface area (TPSA) is 32.3 Å². The molecule has 0 aromatic heterocycles. The van der Waals surface area contributed by atoms with Crippen molar-refractivity contribution in [2.75, 3.05) is 7.05 Å². The van der Waals surface area contributed by atoms with Gasteiger partial charge in [0.25, 0.3) is 0 Å². The molecule has 2 heteroatoms. The highest BCUT2D eigenvalue weighted by Gasteiger charge is 2.27. The van der Waals surface area contributed by atoms with Crippen LogP contribution in [0, 0.1) is 0 Å². The molecule has 1 saturated carbocycles. The van der Waals surface area contributed by atoms with Gasteiger partial charge in [0.05, 0.1) is 5.60 Å². The number of hydrogen-bond acceptors (Lipinski definition) is 2. The molecule has 0 aromatic rings. The molecule has 1 aliphatic carbocycles. The maximum absolute atomic E-state index is 9.56. The lowest BCUT2D eigenvalue weighted by atomic mass is 9.84. The van der Waals surface area contributed by atoms with Gasteiger partial charge in [0, 0.05) is 6.04 Å². The van der Waals surface area contributed by atoms with Crippen molar-refractivity contribution in [3.63, 3.8) is 0 Å². The molecule has 1 rings (SSSR count). The van der Waals surface area contributed by atoms with E-state index in [1.165, 1.54) is 0 Å². The van der Waals surface area contributed by atoms with E-state index in [0.29, 0.717) is 6.04 Å². The Morgan fingerprint density at radius 1 is 1.40 bits per heavy atom. The Kier molecular flexibility index (Phi) is 2.32. The largest absolute Gasteiger partial charge is 0.390 e. The monoisotopic (exact) mass is 143 g/mol. The molecule has 0 unspecified atom stereocenters. The van der Waals surface area contributed by atoms with Gasteiger partial charge in [-0.1, -0.05) is 0 Å². The zero-order chi connectivity index (χ0) is 7.61. The van der Waals surface area contributed by atoms with Crippen LogP contribution in [-0.4, -0.2) is 23.8 Å². The van der Waals surface area contributed by atoms with Crippen LogP contribution in [-0.2, 0) is 0 Å². The number of rotatable bonds is 1. The highest BCUT2D eigenvalue weighted by molar-refractivity contribution is 4.83. The maximum atomic E-state index is 9.56. The van der Waals surface area contributed by atoms with E-state index < -0.39 is 0 Å². The van der Waals surface area contributed by atoms with Crippen molar-refractivity contribution in [2.45, 2.75) is 44.2 Å². The summed E-state index contributed by atoms with van der Waals surface area (Å²) in [5.74, 6) is 0. The van der Waals surface area contributed by atoms with E-state index in [1.54, 1.807) is 0 Å². The van der Waals surface area contributed by atoms with Crippen LogP contribution in [0.1, 0.15) is 32.6 Å². The van der Waals surface area contributed by atoms with Gasteiger partial charge in [-0.05, 0) is 39.7 Å². The number of aliphatic hydroxyl groups is 1. The summed E-state index contributed by atoms with van der Waals surface area (Å²) in [6.07, 6.45) is 4.12. The van der Waals surface area contributed by atoms with Crippen molar-refractivity contribution < 1.29 is 5.11 Å². The number of nitrogens with one attached hydrogen (secondary N) is 1. The van der Waals surface area contributed by atoms with E-state index in [-0.39, 0.29) is 5.60 Å². The SMILES string of the molecule is CNC1CCC(C)(O)CC1. The average molecular weight is 143 g/mol. The molecule has 0 radical (unpaired) electrons. The maximum Gasteiger partial charge on any atom is 0.0621 e. The molecule has 0 spiro atoms. The van der Waals surface area contributed by atoms with Crippen LogP contribution in [0.4, 0.5) is 0 Å². The molecule has 60 valence electrons. The lowest BCUT2D eigenvalue weighted by Gasteiger charge is -2.32. The molecular weight excluding hydrogens is 126 g/mol. The molecule has 0 amide bonds. The van der Waals surface area contributed by atoms with Gasteiger partial charge in [0.15, 0.2) is 0 Å². The fourth-order valence-corrected chi connectivity index (χ4v) is 1.53. The van der Waals surface area contributed by atoms with Crippen molar-refractivity contribution in [3.05, 3.63) is 0 Å². The zero-order valence-corrected chi connectivity index (χ0v) is 6.85. The molecular formula is C8H17NO. The molecule has 0 heterocycles. The third kappa shape index (κ3) is 1.96. The normalized spacial score (nSPS) is 41.7. The Balaban J connectivity index is 2.31. The molecule has 0 aromatic carbocycles. The van der Waals surface area contributed by atoms with Crippen molar-refractivity contribution >= 4 is 0 Å². The summed E-state index contributed by atoms with van der Waals surface area (Å²) in [5.41, 5.74) is -0.382. The van der Waals surface area contributed by atoms with E-state index >= 15 is 0 Å². The van der Waals surface area contributed by atoms with E-state index in [0.717, 1.165) is 25.7 Å².